The number of aliphatic hydroxyl groups is 1. The molecule has 3 nitrogen and oxygen atoms in total. The molecule has 1 aromatic rings. The Bertz CT molecular complexity index is 350. The van der Waals surface area contributed by atoms with E-state index in [1.165, 1.54) is 0 Å². The summed E-state index contributed by atoms with van der Waals surface area (Å²) in [7, 11) is 1.92. The van der Waals surface area contributed by atoms with Crippen molar-refractivity contribution < 1.29 is 9.84 Å². The molecule has 0 aliphatic rings. The summed E-state index contributed by atoms with van der Waals surface area (Å²) in [6.45, 7) is 6.14. The fourth-order valence-corrected chi connectivity index (χ4v) is 1.46. The van der Waals surface area contributed by atoms with Gasteiger partial charge < -0.3 is 15.2 Å². The number of nitrogens with one attached hydrogen (secondary N) is 1. The van der Waals surface area contributed by atoms with Gasteiger partial charge in [0.15, 0.2) is 0 Å². The third-order valence-corrected chi connectivity index (χ3v) is 3.12. The molecule has 0 aromatic heterocycles. The molecule has 0 bridgehead atoms. The average molecular weight is 237 g/mol. The van der Waals surface area contributed by atoms with Crippen molar-refractivity contribution in [3.05, 3.63) is 29.8 Å². The van der Waals surface area contributed by atoms with Gasteiger partial charge in [-0.15, -0.1) is 0 Å². The molecule has 0 aliphatic carbocycles. The van der Waals surface area contributed by atoms with Crippen LogP contribution < -0.4 is 10.1 Å². The van der Waals surface area contributed by atoms with Crippen LogP contribution in [-0.2, 0) is 0 Å². The molecule has 1 aromatic carbocycles. The zero-order valence-corrected chi connectivity index (χ0v) is 11.2. The highest BCUT2D eigenvalue weighted by Crippen LogP contribution is 2.25. The number of ether oxygens (including phenoxy) is 1. The lowest BCUT2D eigenvalue weighted by Crippen LogP contribution is -2.31. The smallest absolute Gasteiger partial charge is 0.124 e. The fraction of sp³-hybridized carbons (Fsp3) is 0.571. The van der Waals surface area contributed by atoms with Crippen LogP contribution in [0.2, 0.25) is 0 Å². The zero-order chi connectivity index (χ0) is 12.9. The van der Waals surface area contributed by atoms with E-state index in [-0.39, 0.29) is 6.04 Å². The summed E-state index contributed by atoms with van der Waals surface area (Å²) in [6.07, 6.45) is 0.677. The number of benzene rings is 1. The molecule has 96 valence electrons. The van der Waals surface area contributed by atoms with Gasteiger partial charge in [0.25, 0.3) is 0 Å². The van der Waals surface area contributed by atoms with E-state index in [2.05, 4.69) is 12.2 Å². The van der Waals surface area contributed by atoms with Gasteiger partial charge in [0.2, 0.25) is 0 Å². The molecule has 2 unspecified atom stereocenters. The van der Waals surface area contributed by atoms with Crippen LogP contribution in [0.5, 0.6) is 5.75 Å². The molecule has 3 heteroatoms. The van der Waals surface area contributed by atoms with Gasteiger partial charge in [-0.05, 0) is 33.4 Å². The number of rotatable bonds is 6. The predicted octanol–water partition coefficient (Wildman–Crippen LogP) is 2.51. The number of hydrogen-bond donors (Lipinski definition) is 2. The monoisotopic (exact) mass is 237 g/mol. The van der Waals surface area contributed by atoms with Gasteiger partial charge >= 0.3 is 0 Å². The normalized spacial score (nSPS) is 16.3. The molecule has 2 atom stereocenters. The van der Waals surface area contributed by atoms with E-state index in [1.54, 1.807) is 6.92 Å². The van der Waals surface area contributed by atoms with Crippen molar-refractivity contribution in [1.82, 2.24) is 5.32 Å². The summed E-state index contributed by atoms with van der Waals surface area (Å²) in [6, 6.07) is 8.15. The Morgan fingerprint density at radius 3 is 2.65 bits per heavy atom. The summed E-state index contributed by atoms with van der Waals surface area (Å²) >= 11 is 0. The number of para-hydroxylation sites is 1. The van der Waals surface area contributed by atoms with Gasteiger partial charge in [0, 0.05) is 11.6 Å². The van der Waals surface area contributed by atoms with E-state index in [9.17, 15) is 5.11 Å². The molecule has 0 saturated carbocycles. The maximum absolute atomic E-state index is 9.93. The quantitative estimate of drug-likeness (QED) is 0.798. The van der Waals surface area contributed by atoms with Crippen LogP contribution in [0.3, 0.4) is 0 Å². The molecule has 1 rings (SSSR count). The second kappa shape index (κ2) is 6.03. The Hall–Kier alpha value is -1.06. The summed E-state index contributed by atoms with van der Waals surface area (Å²) in [5.74, 6) is 0.836. The van der Waals surface area contributed by atoms with Crippen LogP contribution in [0, 0.1) is 0 Å². The van der Waals surface area contributed by atoms with Gasteiger partial charge in [-0.1, -0.05) is 25.1 Å². The molecule has 0 saturated heterocycles. The van der Waals surface area contributed by atoms with Gasteiger partial charge in [0.05, 0.1) is 5.60 Å². The third kappa shape index (κ3) is 4.02. The van der Waals surface area contributed by atoms with Crippen molar-refractivity contribution in [2.24, 2.45) is 0 Å². The van der Waals surface area contributed by atoms with Gasteiger partial charge in [-0.2, -0.15) is 0 Å². The molecular weight excluding hydrogens is 214 g/mol. The second-order valence-electron chi connectivity index (χ2n) is 4.69. The average Bonchev–Trinajstić information content (AvgIpc) is 2.36. The maximum atomic E-state index is 9.93. The summed E-state index contributed by atoms with van der Waals surface area (Å²) < 4.78 is 5.73. The van der Waals surface area contributed by atoms with Crippen LogP contribution in [0.4, 0.5) is 0 Å². The Kier molecular flexibility index (Phi) is 4.97. The second-order valence-corrected chi connectivity index (χ2v) is 4.69. The predicted molar refractivity (Wildman–Crippen MR) is 70.3 cm³/mol. The standard InChI is InChI=1S/C14H23NO2/c1-5-14(3,16)10-17-13-9-7-6-8-12(13)11(2)15-4/h6-9,11,15-16H,5,10H2,1-4H3. The molecule has 0 amide bonds. The van der Waals surface area contributed by atoms with Crippen molar-refractivity contribution in [2.45, 2.75) is 38.8 Å². The minimum atomic E-state index is -0.768. The van der Waals surface area contributed by atoms with Crippen molar-refractivity contribution in [3.8, 4) is 5.75 Å². The Labute approximate surface area is 104 Å². The lowest BCUT2D eigenvalue weighted by molar-refractivity contribution is 0.00806. The first-order chi connectivity index (χ1) is 8.00. The van der Waals surface area contributed by atoms with E-state index >= 15 is 0 Å². The van der Waals surface area contributed by atoms with Gasteiger partial charge in [-0.25, -0.2) is 0 Å². The molecule has 0 spiro atoms. The first kappa shape index (κ1) is 14.0. The van der Waals surface area contributed by atoms with Crippen LogP contribution in [-0.4, -0.2) is 24.4 Å². The lowest BCUT2D eigenvalue weighted by atomic mass is 10.0. The molecule has 0 heterocycles. The van der Waals surface area contributed by atoms with Crippen LogP contribution in [0.15, 0.2) is 24.3 Å². The largest absolute Gasteiger partial charge is 0.490 e. The molecule has 0 fully saturated rings. The van der Waals surface area contributed by atoms with Gasteiger partial charge in [0.1, 0.15) is 12.4 Å². The van der Waals surface area contributed by atoms with E-state index in [0.717, 1.165) is 11.3 Å². The third-order valence-electron chi connectivity index (χ3n) is 3.12. The van der Waals surface area contributed by atoms with E-state index < -0.39 is 5.60 Å². The summed E-state index contributed by atoms with van der Waals surface area (Å²) in [4.78, 5) is 0. The van der Waals surface area contributed by atoms with Crippen LogP contribution >= 0.6 is 0 Å². The van der Waals surface area contributed by atoms with Crippen LogP contribution in [0.25, 0.3) is 0 Å². The van der Waals surface area contributed by atoms with Crippen molar-refractivity contribution in [1.29, 1.82) is 0 Å². The molecular formula is C14H23NO2. The molecule has 2 N–H and O–H groups in total. The molecule has 17 heavy (non-hydrogen) atoms. The highest BCUT2D eigenvalue weighted by Gasteiger charge is 2.19. The summed E-state index contributed by atoms with van der Waals surface area (Å²) in [5, 5.41) is 13.1. The Morgan fingerprint density at radius 2 is 2.06 bits per heavy atom. The first-order valence-electron chi connectivity index (χ1n) is 6.11. The van der Waals surface area contributed by atoms with Crippen molar-refractivity contribution in [2.75, 3.05) is 13.7 Å². The minimum absolute atomic E-state index is 0.234. The first-order valence-corrected chi connectivity index (χ1v) is 6.11. The van der Waals surface area contributed by atoms with Gasteiger partial charge in [-0.3, -0.25) is 0 Å². The molecule has 0 radical (unpaired) electrons. The highest BCUT2D eigenvalue weighted by atomic mass is 16.5. The van der Waals surface area contributed by atoms with E-state index in [1.807, 2.05) is 38.2 Å². The van der Waals surface area contributed by atoms with E-state index in [0.29, 0.717) is 13.0 Å². The number of hydrogen-bond acceptors (Lipinski definition) is 3. The molecule has 0 aliphatic heterocycles. The fourth-order valence-electron chi connectivity index (χ4n) is 1.46. The Balaban J connectivity index is 2.77. The van der Waals surface area contributed by atoms with Crippen LogP contribution in [0.1, 0.15) is 38.8 Å². The Morgan fingerprint density at radius 1 is 1.41 bits per heavy atom. The minimum Gasteiger partial charge on any atom is -0.490 e. The van der Waals surface area contributed by atoms with E-state index in [4.69, 9.17) is 4.74 Å². The highest BCUT2D eigenvalue weighted by molar-refractivity contribution is 5.35. The maximum Gasteiger partial charge on any atom is 0.124 e. The SMILES string of the molecule is CCC(C)(O)COc1ccccc1C(C)NC. The van der Waals surface area contributed by atoms with Crippen molar-refractivity contribution >= 4 is 0 Å². The lowest BCUT2D eigenvalue weighted by Gasteiger charge is -2.23. The topological polar surface area (TPSA) is 41.5 Å². The van der Waals surface area contributed by atoms with Crippen molar-refractivity contribution in [3.63, 3.8) is 0 Å². The zero-order valence-electron chi connectivity index (χ0n) is 11.2. The summed E-state index contributed by atoms with van der Waals surface area (Å²) in [5.41, 5.74) is 0.345.